The number of ether oxygens (including phenoxy) is 1. The average Bonchev–Trinajstić information content (AvgIpc) is 3.24. The van der Waals surface area contributed by atoms with Crippen LogP contribution in [0.3, 0.4) is 0 Å². The third-order valence-corrected chi connectivity index (χ3v) is 4.59. The van der Waals surface area contributed by atoms with E-state index < -0.39 is 0 Å². The Morgan fingerprint density at radius 1 is 0.967 bits per heavy atom. The standard InChI is InChI=1S/C23H18ClN3O3/c1-15-6-4-7-16(12-15)22-26-27-23(30-22)17-8-5-9-18(13-17)25-21(28)14-29-20-11-3-2-10-19(20)24/h2-13H,14H2,1H3,(H,25,28). The van der Waals surface area contributed by atoms with Crippen LogP contribution in [0.5, 0.6) is 5.75 Å². The molecule has 1 heterocycles. The van der Waals surface area contributed by atoms with Gasteiger partial charge in [0.15, 0.2) is 6.61 Å². The Balaban J connectivity index is 1.44. The topological polar surface area (TPSA) is 77.2 Å². The summed E-state index contributed by atoms with van der Waals surface area (Å²) < 4.78 is 11.3. The van der Waals surface area contributed by atoms with Gasteiger partial charge in [-0.1, -0.05) is 47.5 Å². The van der Waals surface area contributed by atoms with Crippen molar-refractivity contribution in [2.75, 3.05) is 11.9 Å². The fraction of sp³-hybridized carbons (Fsp3) is 0.0870. The molecule has 1 aromatic heterocycles. The summed E-state index contributed by atoms with van der Waals surface area (Å²) in [7, 11) is 0. The van der Waals surface area contributed by atoms with E-state index in [0.717, 1.165) is 11.1 Å². The highest BCUT2D eigenvalue weighted by Gasteiger charge is 2.12. The summed E-state index contributed by atoms with van der Waals surface area (Å²) in [6, 6.07) is 22.0. The summed E-state index contributed by atoms with van der Waals surface area (Å²) in [4.78, 5) is 12.2. The van der Waals surface area contributed by atoms with Gasteiger partial charge in [0, 0.05) is 16.8 Å². The maximum Gasteiger partial charge on any atom is 0.262 e. The van der Waals surface area contributed by atoms with E-state index >= 15 is 0 Å². The normalized spacial score (nSPS) is 10.6. The van der Waals surface area contributed by atoms with Crippen LogP contribution in [0, 0.1) is 6.92 Å². The van der Waals surface area contributed by atoms with Gasteiger partial charge in [-0.05, 0) is 49.4 Å². The van der Waals surface area contributed by atoms with Crippen molar-refractivity contribution in [3.8, 4) is 28.7 Å². The maximum atomic E-state index is 12.2. The van der Waals surface area contributed by atoms with Gasteiger partial charge in [-0.25, -0.2) is 0 Å². The van der Waals surface area contributed by atoms with E-state index in [1.165, 1.54) is 0 Å². The first-order valence-electron chi connectivity index (χ1n) is 9.27. The Labute approximate surface area is 178 Å². The smallest absolute Gasteiger partial charge is 0.262 e. The highest BCUT2D eigenvalue weighted by atomic mass is 35.5. The fourth-order valence-electron chi connectivity index (χ4n) is 2.87. The lowest BCUT2D eigenvalue weighted by Crippen LogP contribution is -2.20. The molecule has 0 atom stereocenters. The molecule has 4 aromatic rings. The van der Waals surface area contributed by atoms with Crippen LogP contribution in [0.25, 0.3) is 22.9 Å². The molecule has 0 fully saturated rings. The number of carbonyl (C=O) groups excluding carboxylic acids is 1. The van der Waals surface area contributed by atoms with Gasteiger partial charge >= 0.3 is 0 Å². The van der Waals surface area contributed by atoms with Crippen molar-refractivity contribution in [3.05, 3.63) is 83.4 Å². The molecule has 0 bridgehead atoms. The number of benzene rings is 3. The molecule has 1 N–H and O–H groups in total. The largest absolute Gasteiger partial charge is 0.482 e. The van der Waals surface area contributed by atoms with Crippen molar-refractivity contribution >= 4 is 23.2 Å². The van der Waals surface area contributed by atoms with Gasteiger partial charge < -0.3 is 14.5 Å². The Bertz CT molecular complexity index is 1190. The summed E-state index contributed by atoms with van der Waals surface area (Å²) in [6.07, 6.45) is 0. The molecule has 0 aliphatic heterocycles. The van der Waals surface area contributed by atoms with Gasteiger partial charge in [-0.2, -0.15) is 0 Å². The summed E-state index contributed by atoms with van der Waals surface area (Å²) in [5, 5.41) is 11.5. The second-order valence-electron chi connectivity index (χ2n) is 6.63. The number of nitrogens with zero attached hydrogens (tertiary/aromatic N) is 2. The number of aryl methyl sites for hydroxylation is 1. The van der Waals surface area contributed by atoms with Gasteiger partial charge in [0.1, 0.15) is 5.75 Å². The van der Waals surface area contributed by atoms with Gasteiger partial charge in [0.05, 0.1) is 5.02 Å². The highest BCUT2D eigenvalue weighted by molar-refractivity contribution is 6.32. The van der Waals surface area contributed by atoms with E-state index in [-0.39, 0.29) is 12.5 Å². The molecule has 0 aliphatic carbocycles. The number of anilines is 1. The number of para-hydroxylation sites is 1. The monoisotopic (exact) mass is 419 g/mol. The first-order valence-corrected chi connectivity index (χ1v) is 9.64. The molecule has 7 heteroatoms. The lowest BCUT2D eigenvalue weighted by atomic mass is 10.1. The highest BCUT2D eigenvalue weighted by Crippen LogP contribution is 2.26. The molecule has 0 radical (unpaired) electrons. The lowest BCUT2D eigenvalue weighted by molar-refractivity contribution is -0.118. The minimum Gasteiger partial charge on any atom is -0.482 e. The number of hydrogen-bond donors (Lipinski definition) is 1. The van der Waals surface area contributed by atoms with Crippen LogP contribution < -0.4 is 10.1 Å². The molecule has 1 amide bonds. The number of rotatable bonds is 6. The summed E-state index contributed by atoms with van der Waals surface area (Å²) in [5.41, 5.74) is 3.26. The average molecular weight is 420 g/mol. The molecule has 0 saturated carbocycles. The Morgan fingerprint density at radius 2 is 1.67 bits per heavy atom. The molecule has 0 aliphatic rings. The Kier molecular flexibility index (Phi) is 5.77. The lowest BCUT2D eigenvalue weighted by Gasteiger charge is -2.09. The zero-order chi connectivity index (χ0) is 20.9. The van der Waals surface area contributed by atoms with Crippen LogP contribution in [-0.2, 0) is 4.79 Å². The predicted molar refractivity (Wildman–Crippen MR) is 115 cm³/mol. The molecule has 6 nitrogen and oxygen atoms in total. The Hall–Kier alpha value is -3.64. The number of halogens is 1. The molecule has 150 valence electrons. The first kappa shape index (κ1) is 19.7. The van der Waals surface area contributed by atoms with Crippen molar-refractivity contribution in [2.45, 2.75) is 6.92 Å². The molecule has 0 saturated heterocycles. The van der Waals surface area contributed by atoms with Crippen LogP contribution in [0.2, 0.25) is 5.02 Å². The minimum atomic E-state index is -0.307. The number of aromatic nitrogens is 2. The molecule has 0 unspecified atom stereocenters. The van der Waals surface area contributed by atoms with E-state index in [0.29, 0.717) is 33.8 Å². The maximum absolute atomic E-state index is 12.2. The predicted octanol–water partition coefficient (Wildman–Crippen LogP) is 5.38. The van der Waals surface area contributed by atoms with E-state index in [1.54, 1.807) is 42.5 Å². The van der Waals surface area contributed by atoms with E-state index in [9.17, 15) is 4.79 Å². The number of hydrogen-bond acceptors (Lipinski definition) is 5. The SMILES string of the molecule is Cc1cccc(-c2nnc(-c3cccc(NC(=O)COc4ccccc4Cl)c3)o2)c1. The van der Waals surface area contributed by atoms with Gasteiger partial charge in [0.25, 0.3) is 5.91 Å². The van der Waals surface area contributed by atoms with Crippen molar-refractivity contribution in [3.63, 3.8) is 0 Å². The molecule has 3 aromatic carbocycles. The molecular formula is C23H18ClN3O3. The van der Waals surface area contributed by atoms with Crippen LogP contribution in [0.4, 0.5) is 5.69 Å². The van der Waals surface area contributed by atoms with Gasteiger partial charge in [0.2, 0.25) is 11.8 Å². The third-order valence-electron chi connectivity index (χ3n) is 4.28. The van der Waals surface area contributed by atoms with Crippen molar-refractivity contribution < 1.29 is 13.9 Å². The van der Waals surface area contributed by atoms with E-state index in [2.05, 4.69) is 15.5 Å². The quantitative estimate of drug-likeness (QED) is 0.453. The fourth-order valence-corrected chi connectivity index (χ4v) is 3.06. The number of carbonyl (C=O) groups is 1. The minimum absolute atomic E-state index is 0.161. The summed E-state index contributed by atoms with van der Waals surface area (Å²) in [5.74, 6) is 0.960. The second-order valence-corrected chi connectivity index (χ2v) is 7.04. The zero-order valence-corrected chi connectivity index (χ0v) is 16.9. The molecule has 0 spiro atoms. The summed E-state index contributed by atoms with van der Waals surface area (Å²) >= 11 is 6.03. The van der Waals surface area contributed by atoms with Crippen molar-refractivity contribution in [1.82, 2.24) is 10.2 Å². The van der Waals surface area contributed by atoms with E-state index in [1.807, 2.05) is 37.3 Å². The van der Waals surface area contributed by atoms with Crippen molar-refractivity contribution in [1.29, 1.82) is 0 Å². The Morgan fingerprint density at radius 3 is 2.40 bits per heavy atom. The second kappa shape index (κ2) is 8.80. The first-order chi connectivity index (χ1) is 14.6. The summed E-state index contributed by atoms with van der Waals surface area (Å²) in [6.45, 7) is 1.84. The van der Waals surface area contributed by atoms with E-state index in [4.69, 9.17) is 20.8 Å². The van der Waals surface area contributed by atoms with Crippen LogP contribution in [0.1, 0.15) is 5.56 Å². The van der Waals surface area contributed by atoms with Crippen LogP contribution in [-0.4, -0.2) is 22.7 Å². The van der Waals surface area contributed by atoms with Crippen LogP contribution >= 0.6 is 11.6 Å². The van der Waals surface area contributed by atoms with Gasteiger partial charge in [-0.15, -0.1) is 10.2 Å². The molecule has 30 heavy (non-hydrogen) atoms. The zero-order valence-electron chi connectivity index (χ0n) is 16.1. The molecule has 4 rings (SSSR count). The molecular weight excluding hydrogens is 402 g/mol. The number of nitrogens with one attached hydrogen (secondary N) is 1. The number of amides is 1. The van der Waals surface area contributed by atoms with Crippen LogP contribution in [0.15, 0.2) is 77.2 Å². The van der Waals surface area contributed by atoms with Gasteiger partial charge in [-0.3, -0.25) is 4.79 Å². The van der Waals surface area contributed by atoms with Crippen molar-refractivity contribution in [2.24, 2.45) is 0 Å². The third kappa shape index (κ3) is 4.67.